The molecule has 6 heteroatoms. The molecule has 1 fully saturated rings. The average molecular weight is 292 g/mol. The lowest BCUT2D eigenvalue weighted by Crippen LogP contribution is -2.44. The number of hydrogen-bond donors (Lipinski definition) is 1. The molecule has 1 amide bonds. The van der Waals surface area contributed by atoms with Gasteiger partial charge in [0.15, 0.2) is 0 Å². The molecule has 1 aromatic heterocycles. The van der Waals surface area contributed by atoms with Gasteiger partial charge in [0.2, 0.25) is 0 Å². The monoisotopic (exact) mass is 292 g/mol. The quantitative estimate of drug-likeness (QED) is 0.838. The van der Waals surface area contributed by atoms with E-state index in [0.717, 1.165) is 25.9 Å². The summed E-state index contributed by atoms with van der Waals surface area (Å²) in [5.74, 6) is -0.0169. The van der Waals surface area contributed by atoms with Gasteiger partial charge in [-0.1, -0.05) is 12.2 Å². The predicted octanol–water partition coefficient (Wildman–Crippen LogP) is 0.882. The Labute approximate surface area is 124 Å². The van der Waals surface area contributed by atoms with E-state index in [0.29, 0.717) is 22.3 Å². The molecule has 0 aliphatic carbocycles. The minimum Gasteiger partial charge on any atom is -0.389 e. The fourth-order valence-electron chi connectivity index (χ4n) is 2.41. The Morgan fingerprint density at radius 3 is 2.50 bits per heavy atom. The first-order valence-corrected chi connectivity index (χ1v) is 7.11. The van der Waals surface area contributed by atoms with E-state index in [9.17, 15) is 4.79 Å². The maximum absolute atomic E-state index is 12.3. The Morgan fingerprint density at radius 1 is 1.40 bits per heavy atom. The molecule has 2 rings (SSSR count). The lowest BCUT2D eigenvalue weighted by Gasteiger charge is -2.35. The van der Waals surface area contributed by atoms with Crippen molar-refractivity contribution in [1.82, 2.24) is 14.8 Å². The largest absolute Gasteiger partial charge is 0.389 e. The van der Waals surface area contributed by atoms with E-state index in [1.165, 1.54) is 0 Å². The summed E-state index contributed by atoms with van der Waals surface area (Å²) in [6, 6.07) is 3.99. The molecule has 1 saturated heterocycles. The van der Waals surface area contributed by atoms with Gasteiger partial charge in [-0.3, -0.25) is 9.78 Å². The molecule has 2 N–H and O–H groups in total. The predicted molar refractivity (Wildman–Crippen MR) is 82.7 cm³/mol. The zero-order valence-corrected chi connectivity index (χ0v) is 12.7. The number of likely N-dealkylation sites (tertiary alicyclic amines) is 1. The van der Waals surface area contributed by atoms with Gasteiger partial charge >= 0.3 is 0 Å². The van der Waals surface area contributed by atoms with Crippen molar-refractivity contribution in [3.05, 3.63) is 29.6 Å². The normalized spacial score (nSPS) is 16.4. The number of thiocarbonyl (C=S) groups is 1. The van der Waals surface area contributed by atoms with Crippen molar-refractivity contribution in [3.63, 3.8) is 0 Å². The number of piperidine rings is 1. The number of nitrogens with zero attached hydrogens (tertiary/aromatic N) is 3. The molecule has 108 valence electrons. The second-order valence-electron chi connectivity index (χ2n) is 5.28. The molecule has 0 aromatic carbocycles. The van der Waals surface area contributed by atoms with E-state index in [2.05, 4.69) is 24.0 Å². The number of rotatable bonds is 3. The average Bonchev–Trinajstić information content (AvgIpc) is 2.46. The molecule has 0 radical (unpaired) electrons. The number of pyridine rings is 1. The smallest absolute Gasteiger partial charge is 0.272 e. The van der Waals surface area contributed by atoms with Gasteiger partial charge in [0.1, 0.15) is 10.7 Å². The van der Waals surface area contributed by atoms with Gasteiger partial charge in [0.05, 0.1) is 0 Å². The zero-order valence-electron chi connectivity index (χ0n) is 11.9. The van der Waals surface area contributed by atoms with Crippen molar-refractivity contribution in [2.24, 2.45) is 5.73 Å². The summed E-state index contributed by atoms with van der Waals surface area (Å²) in [7, 11) is 4.16. The third-order valence-electron chi connectivity index (χ3n) is 3.75. The first-order chi connectivity index (χ1) is 9.49. The number of amides is 1. The van der Waals surface area contributed by atoms with Crippen LogP contribution in [0.3, 0.4) is 0 Å². The Morgan fingerprint density at radius 2 is 2.05 bits per heavy atom. The summed E-state index contributed by atoms with van der Waals surface area (Å²) in [5.41, 5.74) is 6.65. The lowest BCUT2D eigenvalue weighted by molar-refractivity contribution is 0.0657. The molecule has 1 aliphatic rings. The molecule has 0 spiro atoms. The van der Waals surface area contributed by atoms with Gasteiger partial charge in [-0.2, -0.15) is 0 Å². The van der Waals surface area contributed by atoms with E-state index >= 15 is 0 Å². The Kier molecular flexibility index (Phi) is 4.67. The van der Waals surface area contributed by atoms with E-state index < -0.39 is 0 Å². The van der Waals surface area contributed by atoms with Crippen LogP contribution in [0.2, 0.25) is 0 Å². The minimum atomic E-state index is -0.0169. The van der Waals surface area contributed by atoms with Crippen LogP contribution in [0.15, 0.2) is 18.3 Å². The van der Waals surface area contributed by atoms with E-state index in [1.54, 1.807) is 18.3 Å². The zero-order chi connectivity index (χ0) is 14.7. The summed E-state index contributed by atoms with van der Waals surface area (Å²) < 4.78 is 0. The van der Waals surface area contributed by atoms with Gasteiger partial charge in [-0.15, -0.1) is 0 Å². The SMILES string of the molecule is CN(C)C1CCN(C(=O)c2ccc(C(N)=S)cn2)CC1. The standard InChI is InChI=1S/C14H20N4OS/c1-17(2)11-5-7-18(8-6-11)14(19)12-4-3-10(9-16-12)13(15)20/h3-4,9,11H,5-8H2,1-2H3,(H2,15,20). The first kappa shape index (κ1) is 14.9. The van der Waals surface area contributed by atoms with Crippen molar-refractivity contribution < 1.29 is 4.79 Å². The van der Waals surface area contributed by atoms with E-state index in [-0.39, 0.29) is 5.91 Å². The van der Waals surface area contributed by atoms with Crippen LogP contribution in [-0.2, 0) is 0 Å². The summed E-state index contributed by atoms with van der Waals surface area (Å²) in [5, 5.41) is 0. The third-order valence-corrected chi connectivity index (χ3v) is 3.98. The molecule has 0 atom stereocenters. The molecule has 2 heterocycles. The van der Waals surface area contributed by atoms with Gasteiger partial charge < -0.3 is 15.5 Å². The highest BCUT2D eigenvalue weighted by Gasteiger charge is 2.25. The van der Waals surface area contributed by atoms with E-state index in [1.807, 2.05) is 4.90 Å². The lowest BCUT2D eigenvalue weighted by atomic mass is 10.0. The number of carbonyl (C=O) groups excluding carboxylic acids is 1. The Hall–Kier alpha value is -1.53. The molecule has 0 saturated carbocycles. The second-order valence-corrected chi connectivity index (χ2v) is 5.72. The van der Waals surface area contributed by atoms with Crippen LogP contribution in [0.5, 0.6) is 0 Å². The topological polar surface area (TPSA) is 62.5 Å². The Bertz CT molecular complexity index is 492. The van der Waals surface area contributed by atoms with Crippen molar-refractivity contribution in [3.8, 4) is 0 Å². The molecular formula is C14H20N4OS. The second kappa shape index (κ2) is 6.28. The highest BCUT2D eigenvalue weighted by atomic mass is 32.1. The molecule has 1 aliphatic heterocycles. The highest BCUT2D eigenvalue weighted by Crippen LogP contribution is 2.16. The summed E-state index contributed by atoms with van der Waals surface area (Å²) in [4.78, 5) is 20.9. The van der Waals surface area contributed by atoms with Crippen LogP contribution in [0.4, 0.5) is 0 Å². The third kappa shape index (κ3) is 3.32. The highest BCUT2D eigenvalue weighted by molar-refractivity contribution is 7.80. The number of carbonyl (C=O) groups is 1. The van der Waals surface area contributed by atoms with Crippen molar-refractivity contribution in [2.45, 2.75) is 18.9 Å². The number of hydrogen-bond acceptors (Lipinski definition) is 4. The van der Waals surface area contributed by atoms with Gasteiger partial charge in [0.25, 0.3) is 5.91 Å². The summed E-state index contributed by atoms with van der Waals surface area (Å²) in [6.07, 6.45) is 3.57. The maximum atomic E-state index is 12.3. The minimum absolute atomic E-state index is 0.0169. The molecular weight excluding hydrogens is 272 g/mol. The maximum Gasteiger partial charge on any atom is 0.272 e. The van der Waals surface area contributed by atoms with Gasteiger partial charge in [-0.05, 0) is 39.1 Å². The van der Waals surface area contributed by atoms with Crippen LogP contribution >= 0.6 is 12.2 Å². The fourth-order valence-corrected chi connectivity index (χ4v) is 2.53. The van der Waals surface area contributed by atoms with Crippen LogP contribution in [-0.4, -0.2) is 58.9 Å². The van der Waals surface area contributed by atoms with Crippen LogP contribution in [0, 0.1) is 0 Å². The number of aromatic nitrogens is 1. The van der Waals surface area contributed by atoms with Gasteiger partial charge in [-0.25, -0.2) is 0 Å². The van der Waals surface area contributed by atoms with Crippen molar-refractivity contribution >= 4 is 23.1 Å². The fraction of sp³-hybridized carbons (Fsp3) is 0.500. The molecule has 20 heavy (non-hydrogen) atoms. The molecule has 0 unspecified atom stereocenters. The van der Waals surface area contributed by atoms with E-state index in [4.69, 9.17) is 18.0 Å². The summed E-state index contributed by atoms with van der Waals surface area (Å²) in [6.45, 7) is 1.56. The van der Waals surface area contributed by atoms with Crippen LogP contribution in [0.25, 0.3) is 0 Å². The summed E-state index contributed by atoms with van der Waals surface area (Å²) >= 11 is 4.87. The molecule has 5 nitrogen and oxygen atoms in total. The van der Waals surface area contributed by atoms with Crippen molar-refractivity contribution in [1.29, 1.82) is 0 Å². The van der Waals surface area contributed by atoms with Crippen molar-refractivity contribution in [2.75, 3.05) is 27.2 Å². The first-order valence-electron chi connectivity index (χ1n) is 6.70. The van der Waals surface area contributed by atoms with Crippen LogP contribution < -0.4 is 5.73 Å². The Balaban J connectivity index is 2.00. The van der Waals surface area contributed by atoms with Crippen LogP contribution in [0.1, 0.15) is 28.9 Å². The van der Waals surface area contributed by atoms with Gasteiger partial charge in [0, 0.05) is 30.9 Å². The molecule has 1 aromatic rings. The molecule has 0 bridgehead atoms. The number of nitrogens with two attached hydrogens (primary N) is 1.